The van der Waals surface area contributed by atoms with Crippen LogP contribution in [0.3, 0.4) is 0 Å². The van der Waals surface area contributed by atoms with E-state index in [0.29, 0.717) is 0 Å². The van der Waals surface area contributed by atoms with Gasteiger partial charge in [-0.15, -0.1) is 0 Å². The Labute approximate surface area is 110 Å². The Morgan fingerprint density at radius 3 is 2.71 bits per heavy atom. The van der Waals surface area contributed by atoms with Crippen LogP contribution in [0.25, 0.3) is 0 Å². The third-order valence-electron chi connectivity index (χ3n) is 1.92. The first-order valence-electron chi connectivity index (χ1n) is 4.70. The molecule has 0 aliphatic rings. The Balaban J connectivity index is 3.34. The minimum Gasteiger partial charge on any atom is -0.494 e. The maximum absolute atomic E-state index is 12.7. The topological polar surface area (TPSA) is 48.4 Å². The first kappa shape index (κ1) is 14.1. The van der Waals surface area contributed by atoms with Gasteiger partial charge in [0.15, 0.2) is 5.75 Å². The Bertz CT molecular complexity index is 426. The van der Waals surface area contributed by atoms with Gasteiger partial charge in [0.2, 0.25) is 0 Å². The van der Waals surface area contributed by atoms with Crippen LogP contribution >= 0.6 is 22.6 Å². The van der Waals surface area contributed by atoms with Crippen LogP contribution in [0, 0.1) is 3.57 Å². The lowest BCUT2D eigenvalue weighted by Crippen LogP contribution is -2.13. The first-order chi connectivity index (χ1) is 8.02. The van der Waals surface area contributed by atoms with Crippen molar-refractivity contribution in [2.45, 2.75) is 13.3 Å². The highest BCUT2D eigenvalue weighted by Crippen LogP contribution is 2.30. The highest BCUT2D eigenvalue weighted by molar-refractivity contribution is 14.1. The number of hydrogen-bond acceptors (Lipinski definition) is 4. The number of esters is 1. The van der Waals surface area contributed by atoms with Gasteiger partial charge in [-0.1, -0.05) is 0 Å². The zero-order valence-corrected chi connectivity index (χ0v) is 11.3. The molecule has 0 aromatic carbocycles. The summed E-state index contributed by atoms with van der Waals surface area (Å²) in [5.41, 5.74) is -0.824. The van der Waals surface area contributed by atoms with Gasteiger partial charge in [-0.25, -0.2) is 13.6 Å². The fourth-order valence-electron chi connectivity index (χ4n) is 1.19. The fraction of sp³-hybridized carbons (Fsp3) is 0.400. The van der Waals surface area contributed by atoms with E-state index in [-0.39, 0.29) is 21.5 Å². The van der Waals surface area contributed by atoms with Crippen LogP contribution in [0.5, 0.6) is 5.75 Å². The average molecular weight is 357 g/mol. The second-order valence-electron chi connectivity index (χ2n) is 2.92. The van der Waals surface area contributed by atoms with Gasteiger partial charge in [0.05, 0.1) is 23.5 Å². The molecule has 4 nitrogen and oxygen atoms in total. The predicted octanol–water partition coefficient (Wildman–Crippen LogP) is 2.81. The maximum atomic E-state index is 12.7. The van der Waals surface area contributed by atoms with Gasteiger partial charge in [-0.05, 0) is 29.5 Å². The summed E-state index contributed by atoms with van der Waals surface area (Å²) in [6.07, 6.45) is -1.68. The number of nitrogens with zero attached hydrogens (tertiary/aromatic N) is 1. The summed E-state index contributed by atoms with van der Waals surface area (Å²) in [4.78, 5) is 15.1. The summed E-state index contributed by atoms with van der Waals surface area (Å²) in [5.74, 6) is -0.559. The lowest BCUT2D eigenvalue weighted by Gasteiger charge is -2.12. The van der Waals surface area contributed by atoms with Crippen LogP contribution in [0.2, 0.25) is 0 Å². The third kappa shape index (κ3) is 3.02. The van der Waals surface area contributed by atoms with E-state index in [1.54, 1.807) is 29.5 Å². The van der Waals surface area contributed by atoms with E-state index < -0.39 is 18.1 Å². The van der Waals surface area contributed by atoms with Gasteiger partial charge in [0, 0.05) is 0 Å². The molecule has 94 valence electrons. The molecule has 1 rings (SSSR count). The Kier molecular flexibility index (Phi) is 5.03. The number of aromatic nitrogens is 1. The van der Waals surface area contributed by atoms with Gasteiger partial charge < -0.3 is 9.47 Å². The summed E-state index contributed by atoms with van der Waals surface area (Å²) in [7, 11) is 1.37. The van der Waals surface area contributed by atoms with E-state index in [2.05, 4.69) is 4.98 Å². The van der Waals surface area contributed by atoms with Crippen molar-refractivity contribution < 1.29 is 23.0 Å². The van der Waals surface area contributed by atoms with Crippen molar-refractivity contribution in [3.8, 4) is 5.75 Å². The van der Waals surface area contributed by atoms with Gasteiger partial charge in [-0.3, -0.25) is 4.98 Å². The number of carbonyl (C=O) groups excluding carboxylic acids is 1. The molecule has 0 saturated carbocycles. The zero-order chi connectivity index (χ0) is 13.0. The van der Waals surface area contributed by atoms with Crippen LogP contribution in [-0.4, -0.2) is 24.7 Å². The van der Waals surface area contributed by atoms with E-state index in [4.69, 9.17) is 9.47 Å². The van der Waals surface area contributed by atoms with E-state index in [9.17, 15) is 13.6 Å². The van der Waals surface area contributed by atoms with Gasteiger partial charge in [-0.2, -0.15) is 0 Å². The van der Waals surface area contributed by atoms with Crippen molar-refractivity contribution in [3.05, 3.63) is 21.0 Å². The molecule has 0 fully saturated rings. The molecule has 17 heavy (non-hydrogen) atoms. The summed E-state index contributed by atoms with van der Waals surface area (Å²) in [6, 6.07) is 0. The zero-order valence-electron chi connectivity index (χ0n) is 9.17. The minimum absolute atomic E-state index is 0.106. The van der Waals surface area contributed by atoms with Gasteiger partial charge >= 0.3 is 5.97 Å². The number of halogens is 3. The second kappa shape index (κ2) is 6.08. The molecular formula is C10H10F2INO3. The van der Waals surface area contributed by atoms with Crippen molar-refractivity contribution in [2.75, 3.05) is 13.7 Å². The number of hydrogen-bond donors (Lipinski definition) is 0. The fourth-order valence-corrected chi connectivity index (χ4v) is 2.05. The molecule has 0 saturated heterocycles. The molecule has 0 atom stereocenters. The minimum atomic E-state index is -2.84. The van der Waals surface area contributed by atoms with Crippen LogP contribution in [0.15, 0.2) is 6.20 Å². The lowest BCUT2D eigenvalue weighted by atomic mass is 10.2. The van der Waals surface area contributed by atoms with Crippen LogP contribution in [-0.2, 0) is 4.74 Å². The van der Waals surface area contributed by atoms with Gasteiger partial charge in [0.1, 0.15) is 11.3 Å². The Morgan fingerprint density at radius 2 is 2.24 bits per heavy atom. The quantitative estimate of drug-likeness (QED) is 0.614. The molecule has 1 aromatic heterocycles. The van der Waals surface area contributed by atoms with Crippen LogP contribution in [0.4, 0.5) is 8.78 Å². The molecule has 1 aromatic rings. The standard InChI is InChI=1S/C10H10F2INO3/c1-3-17-10(15)6-7(13)5(16-2)4-14-8(6)9(11)12/h4,9H,3H2,1-2H3. The van der Waals surface area contributed by atoms with E-state index in [0.717, 1.165) is 6.20 Å². The number of pyridine rings is 1. The third-order valence-corrected chi connectivity index (χ3v) is 2.99. The summed E-state index contributed by atoms with van der Waals surface area (Å²) in [5, 5.41) is 0. The summed E-state index contributed by atoms with van der Waals surface area (Å²) in [6.45, 7) is 1.70. The van der Waals surface area contributed by atoms with E-state index >= 15 is 0 Å². The molecule has 0 N–H and O–H groups in total. The number of methoxy groups -OCH3 is 1. The molecule has 7 heteroatoms. The molecule has 0 radical (unpaired) electrons. The van der Waals surface area contributed by atoms with Crippen molar-refractivity contribution >= 4 is 28.6 Å². The number of ether oxygens (including phenoxy) is 2. The first-order valence-corrected chi connectivity index (χ1v) is 5.78. The second-order valence-corrected chi connectivity index (χ2v) is 4.00. The summed E-state index contributed by atoms with van der Waals surface area (Å²) >= 11 is 1.76. The van der Waals surface area contributed by atoms with E-state index in [1.165, 1.54) is 7.11 Å². The SMILES string of the molecule is CCOC(=O)c1c(C(F)F)ncc(OC)c1I. The van der Waals surface area contributed by atoms with Crippen molar-refractivity contribution in [1.29, 1.82) is 0 Å². The molecule has 0 spiro atoms. The number of rotatable bonds is 4. The van der Waals surface area contributed by atoms with Crippen LogP contribution in [0.1, 0.15) is 29.4 Å². The summed E-state index contributed by atoms with van der Waals surface area (Å²) < 4.78 is 35.4. The molecule has 0 bridgehead atoms. The number of carbonyl (C=O) groups is 1. The molecule has 0 aliphatic heterocycles. The van der Waals surface area contributed by atoms with Crippen molar-refractivity contribution in [2.24, 2.45) is 0 Å². The monoisotopic (exact) mass is 357 g/mol. The largest absolute Gasteiger partial charge is 0.494 e. The highest BCUT2D eigenvalue weighted by Gasteiger charge is 2.26. The van der Waals surface area contributed by atoms with E-state index in [1.807, 2.05) is 0 Å². The normalized spacial score (nSPS) is 10.5. The number of alkyl halides is 2. The maximum Gasteiger partial charge on any atom is 0.341 e. The van der Waals surface area contributed by atoms with Crippen molar-refractivity contribution in [1.82, 2.24) is 4.98 Å². The van der Waals surface area contributed by atoms with Crippen molar-refractivity contribution in [3.63, 3.8) is 0 Å². The molecule has 0 aliphatic carbocycles. The highest BCUT2D eigenvalue weighted by atomic mass is 127. The lowest BCUT2D eigenvalue weighted by molar-refractivity contribution is 0.0511. The predicted molar refractivity (Wildman–Crippen MR) is 64.4 cm³/mol. The molecule has 0 unspecified atom stereocenters. The Morgan fingerprint density at radius 1 is 1.59 bits per heavy atom. The Hall–Kier alpha value is -0.990. The average Bonchev–Trinajstić information content (AvgIpc) is 2.28. The van der Waals surface area contributed by atoms with Crippen LogP contribution < -0.4 is 4.74 Å². The van der Waals surface area contributed by atoms with Gasteiger partial charge in [0.25, 0.3) is 6.43 Å². The molecule has 1 heterocycles. The smallest absolute Gasteiger partial charge is 0.341 e. The molecular weight excluding hydrogens is 347 g/mol. The molecule has 0 amide bonds.